The van der Waals surface area contributed by atoms with E-state index in [1.54, 1.807) is 12.4 Å². The average Bonchev–Trinajstić information content (AvgIpc) is 2.91. The monoisotopic (exact) mass is 274 g/mol. The van der Waals surface area contributed by atoms with Gasteiger partial charge in [0.1, 0.15) is 5.75 Å². The molecule has 1 aromatic rings. The second-order valence-electron chi connectivity index (χ2n) is 5.81. The Labute approximate surface area is 119 Å². The van der Waals surface area contributed by atoms with Crippen molar-refractivity contribution in [2.75, 3.05) is 6.61 Å². The molecule has 1 aliphatic carbocycles. The standard InChI is InChI=1S/C16H22N2O2/c1-2-20-13-7-12(9-17-10-13)16(19)15-8-11-5-3-4-6-14(11)18-15/h7,9-11,14-15,18H,2-6,8H2,1H3. The van der Waals surface area contributed by atoms with Gasteiger partial charge in [0.2, 0.25) is 0 Å². The molecule has 1 aliphatic heterocycles. The summed E-state index contributed by atoms with van der Waals surface area (Å²) in [7, 11) is 0. The lowest BCUT2D eigenvalue weighted by Gasteiger charge is -2.24. The van der Waals surface area contributed by atoms with Gasteiger partial charge >= 0.3 is 0 Å². The Kier molecular flexibility index (Phi) is 4.01. The minimum absolute atomic E-state index is 0.0400. The molecule has 0 bridgehead atoms. The minimum Gasteiger partial charge on any atom is -0.492 e. The number of hydrogen-bond acceptors (Lipinski definition) is 4. The molecule has 2 aliphatic rings. The first kappa shape index (κ1) is 13.6. The summed E-state index contributed by atoms with van der Waals surface area (Å²) in [5.74, 6) is 1.52. The summed E-state index contributed by atoms with van der Waals surface area (Å²) in [6.07, 6.45) is 9.35. The van der Waals surface area contributed by atoms with Gasteiger partial charge in [0, 0.05) is 17.8 Å². The Balaban J connectivity index is 1.71. The molecule has 20 heavy (non-hydrogen) atoms. The number of carbonyl (C=O) groups is 1. The molecule has 4 nitrogen and oxygen atoms in total. The van der Waals surface area contributed by atoms with Crippen molar-refractivity contribution in [3.63, 3.8) is 0 Å². The highest BCUT2D eigenvalue weighted by Crippen LogP contribution is 2.34. The van der Waals surface area contributed by atoms with Crippen molar-refractivity contribution in [3.05, 3.63) is 24.0 Å². The highest BCUT2D eigenvalue weighted by Gasteiger charge is 2.38. The highest BCUT2D eigenvalue weighted by atomic mass is 16.5. The normalized spacial score (nSPS) is 28.9. The van der Waals surface area contributed by atoms with Crippen LogP contribution in [0.15, 0.2) is 18.5 Å². The van der Waals surface area contributed by atoms with E-state index in [-0.39, 0.29) is 11.8 Å². The van der Waals surface area contributed by atoms with Gasteiger partial charge in [-0.1, -0.05) is 12.8 Å². The summed E-state index contributed by atoms with van der Waals surface area (Å²) in [6.45, 7) is 2.52. The Bertz CT molecular complexity index is 475. The molecule has 4 heteroatoms. The number of ketones is 1. The van der Waals surface area contributed by atoms with Gasteiger partial charge in [-0.25, -0.2) is 0 Å². The Morgan fingerprint density at radius 2 is 2.25 bits per heavy atom. The lowest BCUT2D eigenvalue weighted by atomic mass is 9.84. The quantitative estimate of drug-likeness (QED) is 0.857. The SMILES string of the molecule is CCOc1cncc(C(=O)C2CC3CCCCC3N2)c1. The molecular formula is C16H22N2O2. The van der Waals surface area contributed by atoms with Crippen LogP contribution in [-0.2, 0) is 0 Å². The lowest BCUT2D eigenvalue weighted by molar-refractivity contribution is 0.0948. The van der Waals surface area contributed by atoms with Gasteiger partial charge < -0.3 is 10.1 Å². The zero-order valence-corrected chi connectivity index (χ0v) is 12.0. The number of pyridine rings is 1. The van der Waals surface area contributed by atoms with Crippen LogP contribution in [-0.4, -0.2) is 29.5 Å². The summed E-state index contributed by atoms with van der Waals surface area (Å²) in [4.78, 5) is 16.7. The topological polar surface area (TPSA) is 51.2 Å². The predicted octanol–water partition coefficient (Wildman–Crippen LogP) is 2.58. The van der Waals surface area contributed by atoms with E-state index in [0.29, 0.717) is 29.9 Å². The number of ether oxygens (including phenoxy) is 1. The third kappa shape index (κ3) is 2.70. The van der Waals surface area contributed by atoms with Crippen LogP contribution < -0.4 is 10.1 Å². The van der Waals surface area contributed by atoms with Crippen LogP contribution in [0.25, 0.3) is 0 Å². The molecular weight excluding hydrogens is 252 g/mol. The van der Waals surface area contributed by atoms with Gasteiger partial charge in [-0.3, -0.25) is 9.78 Å². The molecule has 1 saturated heterocycles. The fourth-order valence-electron chi connectivity index (χ4n) is 3.52. The zero-order chi connectivity index (χ0) is 13.9. The van der Waals surface area contributed by atoms with Crippen LogP contribution in [0.4, 0.5) is 0 Å². The van der Waals surface area contributed by atoms with Gasteiger partial charge in [0.15, 0.2) is 5.78 Å². The van der Waals surface area contributed by atoms with Gasteiger partial charge in [0.25, 0.3) is 0 Å². The zero-order valence-electron chi connectivity index (χ0n) is 12.0. The van der Waals surface area contributed by atoms with Gasteiger partial charge in [-0.05, 0) is 38.2 Å². The van der Waals surface area contributed by atoms with Crippen molar-refractivity contribution in [3.8, 4) is 5.75 Å². The number of hydrogen-bond donors (Lipinski definition) is 1. The Morgan fingerprint density at radius 1 is 1.40 bits per heavy atom. The molecule has 1 N–H and O–H groups in total. The fourth-order valence-corrected chi connectivity index (χ4v) is 3.52. The second kappa shape index (κ2) is 5.92. The van der Waals surface area contributed by atoms with Gasteiger partial charge in [-0.15, -0.1) is 0 Å². The molecule has 2 heterocycles. The first-order valence-electron chi connectivity index (χ1n) is 7.66. The average molecular weight is 274 g/mol. The number of carbonyl (C=O) groups excluding carboxylic acids is 1. The Hall–Kier alpha value is -1.42. The summed E-state index contributed by atoms with van der Waals surface area (Å²) in [5.41, 5.74) is 0.659. The molecule has 2 fully saturated rings. The summed E-state index contributed by atoms with van der Waals surface area (Å²) in [6, 6.07) is 2.31. The van der Waals surface area contributed by atoms with E-state index in [0.717, 1.165) is 6.42 Å². The van der Waals surface area contributed by atoms with Crippen LogP contribution in [0.1, 0.15) is 49.4 Å². The highest BCUT2D eigenvalue weighted by molar-refractivity contribution is 6.00. The molecule has 0 amide bonds. The fraction of sp³-hybridized carbons (Fsp3) is 0.625. The van der Waals surface area contributed by atoms with Crippen molar-refractivity contribution < 1.29 is 9.53 Å². The van der Waals surface area contributed by atoms with E-state index in [1.165, 1.54) is 25.7 Å². The van der Waals surface area contributed by atoms with Crippen LogP contribution in [0.3, 0.4) is 0 Å². The van der Waals surface area contributed by atoms with Crippen molar-refractivity contribution >= 4 is 5.78 Å². The largest absolute Gasteiger partial charge is 0.492 e. The number of Topliss-reactive ketones (excluding diaryl/α,β-unsaturated/α-hetero) is 1. The number of aromatic nitrogens is 1. The Morgan fingerprint density at radius 3 is 3.05 bits per heavy atom. The third-order valence-corrected chi connectivity index (χ3v) is 4.49. The van der Waals surface area contributed by atoms with E-state index in [1.807, 2.05) is 13.0 Å². The van der Waals surface area contributed by atoms with E-state index < -0.39 is 0 Å². The molecule has 3 atom stereocenters. The predicted molar refractivity (Wildman–Crippen MR) is 77.0 cm³/mol. The number of fused-ring (bicyclic) bond motifs is 1. The third-order valence-electron chi connectivity index (χ3n) is 4.49. The van der Waals surface area contributed by atoms with Crippen molar-refractivity contribution in [1.82, 2.24) is 10.3 Å². The van der Waals surface area contributed by atoms with E-state index in [2.05, 4.69) is 10.3 Å². The molecule has 3 rings (SSSR count). The number of nitrogens with one attached hydrogen (secondary N) is 1. The first-order valence-corrected chi connectivity index (χ1v) is 7.66. The second-order valence-corrected chi connectivity index (χ2v) is 5.81. The molecule has 1 saturated carbocycles. The van der Waals surface area contributed by atoms with E-state index in [4.69, 9.17) is 4.74 Å². The maximum absolute atomic E-state index is 12.6. The molecule has 1 aromatic heterocycles. The van der Waals surface area contributed by atoms with Crippen LogP contribution in [0, 0.1) is 5.92 Å². The van der Waals surface area contributed by atoms with Gasteiger partial charge in [-0.2, -0.15) is 0 Å². The van der Waals surface area contributed by atoms with Crippen LogP contribution >= 0.6 is 0 Å². The molecule has 0 aromatic carbocycles. The summed E-state index contributed by atoms with van der Waals surface area (Å²) < 4.78 is 5.42. The molecule has 3 unspecified atom stereocenters. The smallest absolute Gasteiger partial charge is 0.181 e. The van der Waals surface area contributed by atoms with E-state index in [9.17, 15) is 4.79 Å². The van der Waals surface area contributed by atoms with Crippen molar-refractivity contribution in [1.29, 1.82) is 0 Å². The minimum atomic E-state index is -0.0400. The van der Waals surface area contributed by atoms with Crippen molar-refractivity contribution in [2.45, 2.75) is 51.1 Å². The molecule has 0 spiro atoms. The lowest BCUT2D eigenvalue weighted by Crippen LogP contribution is -2.37. The first-order chi connectivity index (χ1) is 9.78. The van der Waals surface area contributed by atoms with Crippen LogP contribution in [0.5, 0.6) is 5.75 Å². The maximum Gasteiger partial charge on any atom is 0.181 e. The number of nitrogens with zero attached hydrogens (tertiary/aromatic N) is 1. The summed E-state index contributed by atoms with van der Waals surface area (Å²) >= 11 is 0. The molecule has 108 valence electrons. The van der Waals surface area contributed by atoms with Crippen LogP contribution in [0.2, 0.25) is 0 Å². The maximum atomic E-state index is 12.6. The van der Waals surface area contributed by atoms with E-state index >= 15 is 0 Å². The molecule has 0 radical (unpaired) electrons. The van der Waals surface area contributed by atoms with Gasteiger partial charge in [0.05, 0.1) is 18.8 Å². The number of rotatable bonds is 4. The van der Waals surface area contributed by atoms with Crippen molar-refractivity contribution in [2.24, 2.45) is 5.92 Å². The summed E-state index contributed by atoms with van der Waals surface area (Å²) in [5, 5.41) is 3.52.